The van der Waals surface area contributed by atoms with Crippen LogP contribution in [0.2, 0.25) is 0 Å². The van der Waals surface area contributed by atoms with Gasteiger partial charge in [-0.15, -0.1) is 0 Å². The molecule has 1 aromatic rings. The monoisotopic (exact) mass is 276 g/mol. The second-order valence-electron chi connectivity index (χ2n) is 4.79. The van der Waals surface area contributed by atoms with Crippen LogP contribution in [0.4, 0.5) is 0 Å². The maximum absolute atomic E-state index is 11.1. The van der Waals surface area contributed by atoms with E-state index in [4.69, 9.17) is 9.47 Å². The number of benzene rings is 1. The molecule has 0 amide bonds. The molecule has 0 spiro atoms. The predicted molar refractivity (Wildman–Crippen MR) is 76.9 cm³/mol. The van der Waals surface area contributed by atoms with Crippen molar-refractivity contribution in [3.8, 4) is 11.5 Å². The maximum Gasteiger partial charge on any atom is 0.330 e. The quantitative estimate of drug-likeness (QED) is 0.612. The highest BCUT2D eigenvalue weighted by Gasteiger charge is 2.18. The minimum absolute atomic E-state index is 0.267. The summed E-state index contributed by atoms with van der Waals surface area (Å²) in [6.07, 6.45) is 7.97. The van der Waals surface area contributed by atoms with Crippen LogP contribution in [0, 0.1) is 0 Å². The number of rotatable bonds is 5. The smallest absolute Gasteiger partial charge is 0.330 e. The SMILES string of the molecule is COC(=O)C=Cc1ccc(OC)c(OC2CCCC2)c1. The average molecular weight is 276 g/mol. The highest BCUT2D eigenvalue weighted by Crippen LogP contribution is 2.32. The molecule has 0 radical (unpaired) electrons. The van der Waals surface area contributed by atoms with E-state index in [1.54, 1.807) is 13.2 Å². The van der Waals surface area contributed by atoms with Crippen molar-refractivity contribution >= 4 is 12.0 Å². The summed E-state index contributed by atoms with van der Waals surface area (Å²) in [5.74, 6) is 1.07. The number of hydrogen-bond acceptors (Lipinski definition) is 4. The average Bonchev–Trinajstić information content (AvgIpc) is 2.98. The van der Waals surface area contributed by atoms with Crippen LogP contribution < -0.4 is 9.47 Å². The van der Waals surface area contributed by atoms with Crippen molar-refractivity contribution in [3.63, 3.8) is 0 Å². The summed E-state index contributed by atoms with van der Waals surface area (Å²) >= 11 is 0. The third kappa shape index (κ3) is 3.76. The summed E-state index contributed by atoms with van der Waals surface area (Å²) in [5, 5.41) is 0. The van der Waals surface area contributed by atoms with Gasteiger partial charge < -0.3 is 14.2 Å². The van der Waals surface area contributed by atoms with E-state index >= 15 is 0 Å². The van der Waals surface area contributed by atoms with Gasteiger partial charge in [-0.1, -0.05) is 6.07 Å². The Morgan fingerprint density at radius 2 is 1.95 bits per heavy atom. The zero-order valence-corrected chi connectivity index (χ0v) is 11.9. The van der Waals surface area contributed by atoms with Crippen molar-refractivity contribution in [2.45, 2.75) is 31.8 Å². The van der Waals surface area contributed by atoms with E-state index < -0.39 is 0 Å². The van der Waals surface area contributed by atoms with Crippen LogP contribution in [0.1, 0.15) is 31.2 Å². The molecule has 0 bridgehead atoms. The highest BCUT2D eigenvalue weighted by atomic mass is 16.5. The molecule has 0 atom stereocenters. The summed E-state index contributed by atoms with van der Waals surface area (Å²) in [7, 11) is 2.98. The molecule has 0 aromatic heterocycles. The molecule has 4 nitrogen and oxygen atoms in total. The van der Waals surface area contributed by atoms with Gasteiger partial charge in [0, 0.05) is 6.08 Å². The fourth-order valence-corrected chi connectivity index (χ4v) is 2.31. The summed E-state index contributed by atoms with van der Waals surface area (Å²) < 4.78 is 15.9. The van der Waals surface area contributed by atoms with Gasteiger partial charge in [-0.05, 0) is 49.5 Å². The van der Waals surface area contributed by atoms with Gasteiger partial charge in [0.05, 0.1) is 20.3 Å². The Balaban J connectivity index is 2.14. The van der Waals surface area contributed by atoms with Crippen molar-refractivity contribution < 1.29 is 19.0 Å². The molecular formula is C16H20O4. The molecule has 4 heteroatoms. The molecule has 108 valence electrons. The van der Waals surface area contributed by atoms with E-state index in [1.165, 1.54) is 26.0 Å². The molecule has 0 N–H and O–H groups in total. The fraction of sp³-hybridized carbons (Fsp3) is 0.438. The van der Waals surface area contributed by atoms with Crippen molar-refractivity contribution in [3.05, 3.63) is 29.8 Å². The fourth-order valence-electron chi connectivity index (χ4n) is 2.31. The van der Waals surface area contributed by atoms with Gasteiger partial charge in [0.25, 0.3) is 0 Å². The third-order valence-corrected chi connectivity index (χ3v) is 3.40. The van der Waals surface area contributed by atoms with Gasteiger partial charge in [-0.3, -0.25) is 0 Å². The van der Waals surface area contributed by atoms with Crippen LogP contribution in [0.5, 0.6) is 11.5 Å². The van der Waals surface area contributed by atoms with Crippen LogP contribution in [-0.2, 0) is 9.53 Å². The number of ether oxygens (including phenoxy) is 3. The number of hydrogen-bond donors (Lipinski definition) is 0. The molecule has 1 aliphatic carbocycles. The lowest BCUT2D eigenvalue weighted by molar-refractivity contribution is -0.134. The molecule has 2 rings (SSSR count). The molecular weight excluding hydrogens is 256 g/mol. The third-order valence-electron chi connectivity index (χ3n) is 3.40. The minimum atomic E-state index is -0.376. The second-order valence-corrected chi connectivity index (χ2v) is 4.79. The first-order valence-electron chi connectivity index (χ1n) is 6.83. The Kier molecular flexibility index (Phi) is 5.04. The Morgan fingerprint density at radius 3 is 2.60 bits per heavy atom. The van der Waals surface area contributed by atoms with Crippen molar-refractivity contribution in [2.24, 2.45) is 0 Å². The first kappa shape index (κ1) is 14.4. The van der Waals surface area contributed by atoms with Gasteiger partial charge >= 0.3 is 5.97 Å². The standard InChI is InChI=1S/C16H20O4/c1-18-14-9-7-12(8-10-16(17)19-2)11-15(14)20-13-5-3-4-6-13/h7-11,13H,3-6H2,1-2H3. The zero-order chi connectivity index (χ0) is 14.4. The predicted octanol–water partition coefficient (Wildman–Crippen LogP) is 3.20. The number of carbonyl (C=O) groups is 1. The Bertz CT molecular complexity index is 487. The Labute approximate surface area is 119 Å². The molecule has 0 aliphatic heterocycles. The van der Waals surface area contributed by atoms with Crippen LogP contribution in [-0.4, -0.2) is 26.3 Å². The summed E-state index contributed by atoms with van der Waals surface area (Å²) in [5.41, 5.74) is 0.879. The van der Waals surface area contributed by atoms with E-state index in [0.29, 0.717) is 5.75 Å². The molecule has 1 fully saturated rings. The van der Waals surface area contributed by atoms with Gasteiger partial charge in [-0.25, -0.2) is 4.79 Å². The van der Waals surface area contributed by atoms with E-state index in [1.807, 2.05) is 18.2 Å². The van der Waals surface area contributed by atoms with Crippen molar-refractivity contribution in [2.75, 3.05) is 14.2 Å². The van der Waals surface area contributed by atoms with E-state index in [9.17, 15) is 4.79 Å². The molecule has 20 heavy (non-hydrogen) atoms. The molecule has 0 saturated heterocycles. The van der Waals surface area contributed by atoms with Crippen LogP contribution in [0.3, 0.4) is 0 Å². The number of esters is 1. The summed E-state index contributed by atoms with van der Waals surface area (Å²) in [6.45, 7) is 0. The normalized spacial score (nSPS) is 15.5. The first-order valence-corrected chi connectivity index (χ1v) is 6.83. The van der Waals surface area contributed by atoms with Gasteiger partial charge in [-0.2, -0.15) is 0 Å². The first-order chi connectivity index (χ1) is 9.72. The van der Waals surface area contributed by atoms with Crippen LogP contribution >= 0.6 is 0 Å². The molecule has 1 saturated carbocycles. The van der Waals surface area contributed by atoms with Crippen LogP contribution in [0.25, 0.3) is 6.08 Å². The summed E-state index contributed by atoms with van der Waals surface area (Å²) in [4.78, 5) is 11.1. The van der Waals surface area contributed by atoms with Gasteiger partial charge in [0.2, 0.25) is 0 Å². The van der Waals surface area contributed by atoms with Crippen molar-refractivity contribution in [1.82, 2.24) is 0 Å². The molecule has 0 heterocycles. The van der Waals surface area contributed by atoms with Crippen LogP contribution in [0.15, 0.2) is 24.3 Å². The number of carbonyl (C=O) groups excluding carboxylic acids is 1. The van der Waals surface area contributed by atoms with Gasteiger partial charge in [0.1, 0.15) is 0 Å². The Hall–Kier alpha value is -1.97. The lowest BCUT2D eigenvalue weighted by atomic mass is 10.2. The van der Waals surface area contributed by atoms with E-state index in [2.05, 4.69) is 4.74 Å². The number of methoxy groups -OCH3 is 2. The van der Waals surface area contributed by atoms with Gasteiger partial charge in [0.15, 0.2) is 11.5 Å². The minimum Gasteiger partial charge on any atom is -0.493 e. The molecule has 0 unspecified atom stereocenters. The zero-order valence-electron chi connectivity index (χ0n) is 11.9. The molecule has 1 aromatic carbocycles. The largest absolute Gasteiger partial charge is 0.493 e. The second kappa shape index (κ2) is 6.98. The van der Waals surface area contributed by atoms with E-state index in [0.717, 1.165) is 24.2 Å². The highest BCUT2D eigenvalue weighted by molar-refractivity contribution is 5.87. The Morgan fingerprint density at radius 1 is 1.20 bits per heavy atom. The topological polar surface area (TPSA) is 44.8 Å². The maximum atomic E-state index is 11.1. The summed E-state index contributed by atoms with van der Waals surface area (Å²) in [6, 6.07) is 5.61. The van der Waals surface area contributed by atoms with Crippen molar-refractivity contribution in [1.29, 1.82) is 0 Å². The lowest BCUT2D eigenvalue weighted by Gasteiger charge is -2.16. The van der Waals surface area contributed by atoms with E-state index in [-0.39, 0.29) is 12.1 Å². The molecule has 1 aliphatic rings. The lowest BCUT2D eigenvalue weighted by Crippen LogP contribution is -2.11.